The fourth-order valence-corrected chi connectivity index (χ4v) is 5.23. The zero-order valence-corrected chi connectivity index (χ0v) is 23.4. The largest absolute Gasteiger partial charge is 0.481 e. The maximum Gasteiger partial charge on any atom is 0.310 e. The summed E-state index contributed by atoms with van der Waals surface area (Å²) >= 11 is 6.41. The fourth-order valence-electron chi connectivity index (χ4n) is 4.09. The van der Waals surface area contributed by atoms with Gasteiger partial charge in [0.1, 0.15) is 5.52 Å². The van der Waals surface area contributed by atoms with Crippen molar-refractivity contribution in [2.75, 3.05) is 0 Å². The highest BCUT2D eigenvalue weighted by atomic mass is 35.5. The van der Waals surface area contributed by atoms with Crippen LogP contribution in [0.25, 0.3) is 11.0 Å². The average molecular weight is 502 g/mol. The number of aromatic nitrogens is 3. The predicted molar refractivity (Wildman–Crippen MR) is 140 cm³/mol. The molecule has 0 aliphatic rings. The molecular weight excluding hydrogens is 466 g/mol. The topological polar surface area (TPSA) is 77.2 Å². The molecule has 1 atom stereocenters. The van der Waals surface area contributed by atoms with E-state index in [1.807, 2.05) is 44.3 Å². The van der Waals surface area contributed by atoms with Crippen LogP contribution in [0.15, 0.2) is 30.3 Å². The van der Waals surface area contributed by atoms with Crippen LogP contribution in [0, 0.1) is 12.3 Å². The molecule has 0 bridgehead atoms. The lowest BCUT2D eigenvalue weighted by Crippen LogP contribution is -2.40. The van der Waals surface area contributed by atoms with Gasteiger partial charge in [0, 0.05) is 18.0 Å². The van der Waals surface area contributed by atoms with Gasteiger partial charge in [0.15, 0.2) is 8.32 Å². The van der Waals surface area contributed by atoms with Gasteiger partial charge >= 0.3 is 5.97 Å². The second-order valence-corrected chi connectivity index (χ2v) is 16.5. The quantitative estimate of drug-likeness (QED) is 0.364. The van der Waals surface area contributed by atoms with Gasteiger partial charge in [-0.1, -0.05) is 49.7 Å². The van der Waals surface area contributed by atoms with Gasteiger partial charge in [-0.15, -0.1) is 5.10 Å². The number of hydrogen-bond acceptors (Lipinski definition) is 4. The van der Waals surface area contributed by atoms with Crippen LogP contribution in [0.5, 0.6) is 0 Å². The molecular formula is C26H36ClN3O3Si. The van der Waals surface area contributed by atoms with Gasteiger partial charge in [0.2, 0.25) is 0 Å². The minimum Gasteiger partial charge on any atom is -0.481 e. The van der Waals surface area contributed by atoms with Crippen molar-refractivity contribution in [2.24, 2.45) is 12.5 Å². The van der Waals surface area contributed by atoms with Gasteiger partial charge in [-0.25, -0.2) is 4.68 Å². The lowest BCUT2D eigenvalue weighted by molar-refractivity contribution is -0.147. The first-order valence-corrected chi connectivity index (χ1v) is 14.8. The summed E-state index contributed by atoms with van der Waals surface area (Å²) in [5.41, 5.74) is 4.25. The fraction of sp³-hybridized carbons (Fsp3) is 0.500. The SMILES string of the molecule is Cc1c(C(c2ccc(Cl)cc2CO[Si](C)(C)C(C)(C)C)C(C)(C)C(=O)O)ccc2c1nnn2C. The molecule has 1 heterocycles. The number of carboxylic acids is 1. The molecule has 34 heavy (non-hydrogen) atoms. The van der Waals surface area contributed by atoms with E-state index in [0.29, 0.717) is 11.6 Å². The molecule has 3 rings (SSSR count). The number of nitrogens with zero attached hydrogens (tertiary/aromatic N) is 3. The van der Waals surface area contributed by atoms with Crippen LogP contribution in [0.1, 0.15) is 62.8 Å². The van der Waals surface area contributed by atoms with Crippen molar-refractivity contribution in [3.05, 3.63) is 57.6 Å². The Bertz CT molecular complexity index is 1230. The van der Waals surface area contributed by atoms with E-state index >= 15 is 0 Å². The summed E-state index contributed by atoms with van der Waals surface area (Å²) in [6, 6.07) is 9.65. The van der Waals surface area contributed by atoms with E-state index in [4.69, 9.17) is 16.0 Å². The predicted octanol–water partition coefficient (Wildman–Crippen LogP) is 6.69. The number of aliphatic carboxylic acids is 1. The van der Waals surface area contributed by atoms with Crippen LogP contribution in [-0.2, 0) is 22.9 Å². The number of carbonyl (C=O) groups is 1. The first kappa shape index (κ1) is 26.4. The Kier molecular flexibility index (Phi) is 7.06. The molecule has 2 aromatic carbocycles. The van der Waals surface area contributed by atoms with Crippen molar-refractivity contribution in [2.45, 2.75) is 72.2 Å². The Hall–Kier alpha value is -2.22. The van der Waals surface area contributed by atoms with Crippen LogP contribution in [0.2, 0.25) is 23.2 Å². The van der Waals surface area contributed by atoms with E-state index in [-0.39, 0.29) is 5.04 Å². The smallest absolute Gasteiger partial charge is 0.310 e. The maximum absolute atomic E-state index is 12.5. The molecule has 0 spiro atoms. The third kappa shape index (κ3) is 4.79. The summed E-state index contributed by atoms with van der Waals surface area (Å²) in [6.45, 7) is 16.9. The van der Waals surface area contributed by atoms with Crippen LogP contribution in [0.4, 0.5) is 0 Å². The van der Waals surface area contributed by atoms with E-state index in [9.17, 15) is 9.90 Å². The van der Waals surface area contributed by atoms with Gasteiger partial charge in [-0.05, 0) is 79.4 Å². The number of rotatable bonds is 7. The molecule has 0 amide bonds. The van der Waals surface area contributed by atoms with Gasteiger partial charge in [0.25, 0.3) is 0 Å². The van der Waals surface area contributed by atoms with E-state index in [1.165, 1.54) is 0 Å². The summed E-state index contributed by atoms with van der Waals surface area (Å²) in [4.78, 5) is 12.5. The standard InChI is InChI=1S/C26H36ClN3O3Si/c1-16-19(12-13-21-23(16)28-29-30(21)7)22(26(5,6)24(31)32)20-11-10-18(27)14-17(20)15-33-34(8,9)25(2,3)4/h10-14,22H,15H2,1-9H3,(H,31,32). The third-order valence-electron chi connectivity index (χ3n) is 7.47. The number of aryl methyl sites for hydroxylation is 2. The molecule has 0 saturated carbocycles. The molecule has 0 aliphatic heterocycles. The van der Waals surface area contributed by atoms with Crippen molar-refractivity contribution < 1.29 is 14.3 Å². The first-order valence-electron chi connectivity index (χ1n) is 11.5. The number of benzene rings is 2. The molecule has 0 fully saturated rings. The lowest BCUT2D eigenvalue weighted by atomic mass is 9.69. The Morgan fingerprint density at radius 2 is 1.76 bits per heavy atom. The zero-order chi connectivity index (χ0) is 25.6. The highest BCUT2D eigenvalue weighted by molar-refractivity contribution is 6.74. The maximum atomic E-state index is 12.5. The second kappa shape index (κ2) is 9.09. The van der Waals surface area contributed by atoms with Crippen molar-refractivity contribution in [1.82, 2.24) is 15.0 Å². The lowest BCUT2D eigenvalue weighted by Gasteiger charge is -2.37. The van der Waals surface area contributed by atoms with Gasteiger partial charge < -0.3 is 9.53 Å². The van der Waals surface area contributed by atoms with Gasteiger partial charge in [-0.2, -0.15) is 0 Å². The highest BCUT2D eigenvalue weighted by Gasteiger charge is 2.42. The Balaban J connectivity index is 2.21. The summed E-state index contributed by atoms with van der Waals surface area (Å²) in [7, 11) is -0.185. The molecule has 1 aromatic heterocycles. The minimum atomic E-state index is -2.03. The van der Waals surface area contributed by atoms with Crippen molar-refractivity contribution in [3.63, 3.8) is 0 Å². The van der Waals surface area contributed by atoms with E-state index < -0.39 is 25.6 Å². The second-order valence-electron chi connectivity index (χ2n) is 11.2. The summed E-state index contributed by atoms with van der Waals surface area (Å²) in [5.74, 6) is -1.31. The van der Waals surface area contributed by atoms with E-state index in [2.05, 4.69) is 44.2 Å². The van der Waals surface area contributed by atoms with Crippen LogP contribution in [0.3, 0.4) is 0 Å². The van der Waals surface area contributed by atoms with Crippen LogP contribution < -0.4 is 0 Å². The van der Waals surface area contributed by atoms with Crippen LogP contribution >= 0.6 is 11.6 Å². The third-order valence-corrected chi connectivity index (χ3v) is 12.2. The molecule has 0 aliphatic carbocycles. The molecule has 0 saturated heterocycles. The Morgan fingerprint density at radius 1 is 1.15 bits per heavy atom. The average Bonchev–Trinajstić information content (AvgIpc) is 3.10. The zero-order valence-electron chi connectivity index (χ0n) is 21.7. The van der Waals surface area contributed by atoms with Crippen molar-refractivity contribution in [3.8, 4) is 0 Å². The van der Waals surface area contributed by atoms with Crippen molar-refractivity contribution in [1.29, 1.82) is 0 Å². The number of hydrogen-bond donors (Lipinski definition) is 1. The molecule has 184 valence electrons. The first-order chi connectivity index (χ1) is 15.6. The molecule has 3 aromatic rings. The molecule has 6 nitrogen and oxygen atoms in total. The van der Waals surface area contributed by atoms with E-state index in [0.717, 1.165) is 33.3 Å². The molecule has 8 heteroatoms. The number of carboxylic acid groups (broad SMARTS) is 1. The minimum absolute atomic E-state index is 0.0546. The monoisotopic (exact) mass is 501 g/mol. The highest BCUT2D eigenvalue weighted by Crippen LogP contribution is 2.46. The van der Waals surface area contributed by atoms with Crippen LogP contribution in [-0.4, -0.2) is 34.4 Å². The van der Waals surface area contributed by atoms with E-state index in [1.54, 1.807) is 18.5 Å². The normalized spacial score (nSPS) is 13.9. The summed E-state index contributed by atoms with van der Waals surface area (Å²) in [5, 5.41) is 19.4. The number of halogens is 1. The van der Waals surface area contributed by atoms with Gasteiger partial charge in [-0.3, -0.25) is 4.79 Å². The van der Waals surface area contributed by atoms with Gasteiger partial charge in [0.05, 0.1) is 17.5 Å². The number of fused-ring (bicyclic) bond motifs is 1. The van der Waals surface area contributed by atoms with Crippen molar-refractivity contribution >= 4 is 36.9 Å². The molecule has 1 unspecified atom stereocenters. The summed E-state index contributed by atoms with van der Waals surface area (Å²) < 4.78 is 8.27. The summed E-state index contributed by atoms with van der Waals surface area (Å²) in [6.07, 6.45) is 0. The molecule has 1 N–H and O–H groups in total. The Morgan fingerprint density at radius 3 is 2.35 bits per heavy atom. The Labute approximate surface area is 208 Å². The molecule has 0 radical (unpaired) electrons.